The van der Waals surface area contributed by atoms with Gasteiger partial charge in [0.05, 0.1) is 22.5 Å². The lowest BCUT2D eigenvalue weighted by Crippen LogP contribution is -2.14. The fourth-order valence-corrected chi connectivity index (χ4v) is 2.65. The lowest BCUT2D eigenvalue weighted by molar-refractivity contribution is 0.160. The van der Waals surface area contributed by atoms with Crippen molar-refractivity contribution in [1.82, 2.24) is 9.78 Å². The van der Waals surface area contributed by atoms with Crippen LogP contribution in [-0.4, -0.2) is 21.0 Å². The van der Waals surface area contributed by atoms with E-state index in [1.807, 2.05) is 32.2 Å². The Bertz CT molecular complexity index is 551. The van der Waals surface area contributed by atoms with Crippen molar-refractivity contribution in [3.63, 3.8) is 0 Å². The largest absolute Gasteiger partial charge is 0.393 e. The number of aliphatic hydroxyl groups excluding tert-OH is 1. The average Bonchev–Trinajstić information content (AvgIpc) is 2.67. The van der Waals surface area contributed by atoms with Crippen LogP contribution in [0, 0.1) is 6.92 Å². The van der Waals surface area contributed by atoms with Gasteiger partial charge in [0.25, 0.3) is 0 Å². The molecule has 0 aliphatic rings. The number of aromatic nitrogens is 2. The van der Waals surface area contributed by atoms with Gasteiger partial charge in [0, 0.05) is 13.5 Å². The lowest BCUT2D eigenvalue weighted by Gasteiger charge is -2.11. The first kappa shape index (κ1) is 15.1. The van der Waals surface area contributed by atoms with Crippen LogP contribution in [0.15, 0.2) is 30.3 Å². The van der Waals surface area contributed by atoms with Crippen LogP contribution in [0.1, 0.15) is 29.8 Å². The van der Waals surface area contributed by atoms with Gasteiger partial charge in [0.2, 0.25) is 0 Å². The standard InChI is InChI=1S/C16H21ClN2O/c1-12-16(17)15(19(2)18-12)11-14(20)10-6-9-13-7-4-3-5-8-13/h3-5,7-8,14,20H,6,9-11H2,1-2H3. The molecule has 0 bridgehead atoms. The highest BCUT2D eigenvalue weighted by atomic mass is 35.5. The number of hydrogen-bond donors (Lipinski definition) is 1. The van der Waals surface area contributed by atoms with Gasteiger partial charge in [-0.2, -0.15) is 5.10 Å². The van der Waals surface area contributed by atoms with E-state index >= 15 is 0 Å². The molecule has 4 heteroatoms. The van der Waals surface area contributed by atoms with Crippen molar-refractivity contribution in [2.45, 2.75) is 38.7 Å². The average molecular weight is 293 g/mol. The molecule has 20 heavy (non-hydrogen) atoms. The van der Waals surface area contributed by atoms with Gasteiger partial charge in [-0.05, 0) is 31.7 Å². The molecule has 1 atom stereocenters. The fourth-order valence-electron chi connectivity index (χ4n) is 2.41. The van der Waals surface area contributed by atoms with Crippen LogP contribution in [0.5, 0.6) is 0 Å². The van der Waals surface area contributed by atoms with Crippen LogP contribution in [-0.2, 0) is 19.9 Å². The Kier molecular flexibility index (Phi) is 5.21. The summed E-state index contributed by atoms with van der Waals surface area (Å²) in [6.07, 6.45) is 2.93. The Labute approximate surface area is 125 Å². The minimum absolute atomic E-state index is 0.369. The van der Waals surface area contributed by atoms with Crippen molar-refractivity contribution in [2.75, 3.05) is 0 Å². The van der Waals surface area contributed by atoms with Crippen molar-refractivity contribution in [3.05, 3.63) is 52.3 Å². The molecule has 0 fully saturated rings. The second kappa shape index (κ2) is 6.91. The predicted octanol–water partition coefficient (Wildman–Crippen LogP) is 3.31. The quantitative estimate of drug-likeness (QED) is 0.887. The van der Waals surface area contributed by atoms with Crippen molar-refractivity contribution >= 4 is 11.6 Å². The molecule has 1 unspecified atom stereocenters. The van der Waals surface area contributed by atoms with Gasteiger partial charge >= 0.3 is 0 Å². The summed E-state index contributed by atoms with van der Waals surface area (Å²) in [5, 5.41) is 15.1. The third kappa shape index (κ3) is 3.84. The highest BCUT2D eigenvalue weighted by Gasteiger charge is 2.15. The van der Waals surface area contributed by atoms with Crippen LogP contribution < -0.4 is 0 Å². The molecule has 3 nitrogen and oxygen atoms in total. The van der Waals surface area contributed by atoms with Gasteiger partial charge < -0.3 is 5.11 Å². The van der Waals surface area contributed by atoms with Gasteiger partial charge in [0.1, 0.15) is 0 Å². The first-order valence-corrected chi connectivity index (χ1v) is 7.35. The molecule has 0 aliphatic heterocycles. The molecular weight excluding hydrogens is 272 g/mol. The molecule has 2 rings (SSSR count). The number of hydrogen-bond acceptors (Lipinski definition) is 2. The second-order valence-electron chi connectivity index (χ2n) is 5.21. The molecule has 1 aromatic carbocycles. The zero-order chi connectivity index (χ0) is 14.5. The molecule has 0 saturated carbocycles. The summed E-state index contributed by atoms with van der Waals surface area (Å²) in [5.41, 5.74) is 3.05. The summed E-state index contributed by atoms with van der Waals surface area (Å²) in [4.78, 5) is 0. The van der Waals surface area contributed by atoms with Gasteiger partial charge in [-0.3, -0.25) is 4.68 Å². The minimum Gasteiger partial charge on any atom is -0.393 e. The van der Waals surface area contributed by atoms with E-state index in [2.05, 4.69) is 17.2 Å². The first-order chi connectivity index (χ1) is 9.58. The second-order valence-corrected chi connectivity index (χ2v) is 5.58. The van der Waals surface area contributed by atoms with E-state index in [0.29, 0.717) is 11.4 Å². The number of benzene rings is 1. The maximum Gasteiger partial charge on any atom is 0.0847 e. The zero-order valence-electron chi connectivity index (χ0n) is 12.0. The monoisotopic (exact) mass is 292 g/mol. The summed E-state index contributed by atoms with van der Waals surface area (Å²) >= 11 is 6.19. The predicted molar refractivity (Wildman–Crippen MR) is 82.0 cm³/mol. The van der Waals surface area contributed by atoms with Gasteiger partial charge in [-0.25, -0.2) is 0 Å². The van der Waals surface area contributed by atoms with Gasteiger partial charge in [-0.1, -0.05) is 41.9 Å². The molecule has 0 radical (unpaired) electrons. The molecule has 1 N–H and O–H groups in total. The Balaban J connectivity index is 1.82. The number of nitrogens with zero attached hydrogens (tertiary/aromatic N) is 2. The molecule has 0 spiro atoms. The maximum atomic E-state index is 10.1. The van der Waals surface area contributed by atoms with Gasteiger partial charge in [0.15, 0.2) is 0 Å². The number of halogens is 1. The van der Waals surface area contributed by atoms with Crippen LogP contribution in [0.3, 0.4) is 0 Å². The Morgan fingerprint density at radius 1 is 1.30 bits per heavy atom. The molecule has 0 saturated heterocycles. The summed E-state index contributed by atoms with van der Waals surface area (Å²) in [7, 11) is 1.87. The molecule has 0 amide bonds. The fraction of sp³-hybridized carbons (Fsp3) is 0.438. The normalized spacial score (nSPS) is 12.6. The van der Waals surface area contributed by atoms with Crippen LogP contribution in [0.2, 0.25) is 5.02 Å². The van der Waals surface area contributed by atoms with E-state index in [4.69, 9.17) is 11.6 Å². The van der Waals surface area contributed by atoms with E-state index in [-0.39, 0.29) is 6.10 Å². The lowest BCUT2D eigenvalue weighted by atomic mass is 10.0. The molecule has 108 valence electrons. The highest BCUT2D eigenvalue weighted by Crippen LogP contribution is 2.21. The van der Waals surface area contributed by atoms with E-state index in [9.17, 15) is 5.11 Å². The molecule has 1 aromatic heterocycles. The summed E-state index contributed by atoms with van der Waals surface area (Å²) in [6.45, 7) is 1.88. The van der Waals surface area contributed by atoms with Crippen molar-refractivity contribution in [2.24, 2.45) is 7.05 Å². The highest BCUT2D eigenvalue weighted by molar-refractivity contribution is 6.31. The molecular formula is C16H21ClN2O. The summed E-state index contributed by atoms with van der Waals surface area (Å²) in [6, 6.07) is 10.3. The summed E-state index contributed by atoms with van der Waals surface area (Å²) < 4.78 is 1.76. The third-order valence-electron chi connectivity index (χ3n) is 3.54. The molecule has 2 aromatic rings. The number of aryl methyl sites for hydroxylation is 3. The number of rotatable bonds is 6. The smallest absolute Gasteiger partial charge is 0.0847 e. The SMILES string of the molecule is Cc1nn(C)c(CC(O)CCCc2ccccc2)c1Cl. The zero-order valence-corrected chi connectivity index (χ0v) is 12.8. The van der Waals surface area contributed by atoms with Crippen LogP contribution >= 0.6 is 11.6 Å². The van der Waals surface area contributed by atoms with Crippen molar-refractivity contribution < 1.29 is 5.11 Å². The van der Waals surface area contributed by atoms with Crippen LogP contribution in [0.25, 0.3) is 0 Å². The van der Waals surface area contributed by atoms with E-state index < -0.39 is 0 Å². The van der Waals surface area contributed by atoms with E-state index in [1.165, 1.54) is 5.56 Å². The number of aliphatic hydroxyl groups is 1. The van der Waals surface area contributed by atoms with E-state index in [1.54, 1.807) is 4.68 Å². The van der Waals surface area contributed by atoms with Crippen molar-refractivity contribution in [1.29, 1.82) is 0 Å². The Morgan fingerprint density at radius 3 is 2.60 bits per heavy atom. The van der Waals surface area contributed by atoms with E-state index in [0.717, 1.165) is 30.7 Å². The Morgan fingerprint density at radius 2 is 2.00 bits per heavy atom. The topological polar surface area (TPSA) is 38.0 Å². The minimum atomic E-state index is -0.369. The first-order valence-electron chi connectivity index (χ1n) is 6.98. The third-order valence-corrected chi connectivity index (χ3v) is 4.03. The molecule has 0 aliphatic carbocycles. The molecule has 1 heterocycles. The van der Waals surface area contributed by atoms with Crippen LogP contribution in [0.4, 0.5) is 0 Å². The van der Waals surface area contributed by atoms with Gasteiger partial charge in [-0.15, -0.1) is 0 Å². The maximum absolute atomic E-state index is 10.1. The Hall–Kier alpha value is -1.32. The summed E-state index contributed by atoms with van der Waals surface area (Å²) in [5.74, 6) is 0. The van der Waals surface area contributed by atoms with Crippen molar-refractivity contribution in [3.8, 4) is 0 Å².